The fourth-order valence-electron chi connectivity index (χ4n) is 3.53. The Morgan fingerprint density at radius 3 is 2.82 bits per heavy atom. The summed E-state index contributed by atoms with van der Waals surface area (Å²) in [6.45, 7) is 4.55. The molecule has 0 aliphatic carbocycles. The topological polar surface area (TPSA) is 64.2 Å². The molecule has 4 rings (SSSR count). The molecule has 7 heteroatoms. The maximum absolute atomic E-state index is 12.7. The number of carbonyl (C=O) groups is 1. The average molecular weight is 397 g/mol. The molecule has 1 aliphatic heterocycles. The van der Waals surface area contributed by atoms with Gasteiger partial charge in [-0.3, -0.25) is 9.36 Å². The number of likely N-dealkylation sites (tertiary alicyclic amines) is 1. The highest BCUT2D eigenvalue weighted by molar-refractivity contribution is 7.99. The Morgan fingerprint density at radius 1 is 1.21 bits per heavy atom. The molecule has 146 valence electrons. The SMILES string of the molecule is C[C@H]1CCCN(C(=O)CSc2nnc(-c3ccco3)n2Cc2ccccc2)C1. The number of rotatable bonds is 6. The maximum Gasteiger partial charge on any atom is 0.233 e. The monoisotopic (exact) mass is 396 g/mol. The first kappa shape index (κ1) is 18.8. The van der Waals surface area contributed by atoms with Crippen LogP contribution in [-0.4, -0.2) is 44.4 Å². The van der Waals surface area contributed by atoms with Crippen LogP contribution in [0.2, 0.25) is 0 Å². The third-order valence-corrected chi connectivity index (χ3v) is 5.93. The lowest BCUT2D eigenvalue weighted by Gasteiger charge is -2.30. The zero-order chi connectivity index (χ0) is 19.3. The van der Waals surface area contributed by atoms with Gasteiger partial charge in [0.25, 0.3) is 0 Å². The molecule has 2 aromatic heterocycles. The Balaban J connectivity index is 1.52. The van der Waals surface area contributed by atoms with E-state index in [0.717, 1.165) is 30.2 Å². The summed E-state index contributed by atoms with van der Waals surface area (Å²) in [7, 11) is 0. The van der Waals surface area contributed by atoms with Crippen molar-refractivity contribution in [3.63, 3.8) is 0 Å². The Labute approximate surface area is 168 Å². The highest BCUT2D eigenvalue weighted by atomic mass is 32.2. The Bertz CT molecular complexity index is 908. The molecule has 1 saturated heterocycles. The minimum absolute atomic E-state index is 0.172. The van der Waals surface area contributed by atoms with Crippen molar-refractivity contribution >= 4 is 17.7 Å². The fourth-order valence-corrected chi connectivity index (χ4v) is 4.37. The smallest absolute Gasteiger partial charge is 0.233 e. The predicted octanol–water partition coefficient (Wildman–Crippen LogP) is 3.94. The number of furan rings is 1. The maximum atomic E-state index is 12.7. The molecule has 3 aromatic rings. The number of nitrogens with zero attached hydrogens (tertiary/aromatic N) is 4. The van der Waals surface area contributed by atoms with Gasteiger partial charge in [-0.15, -0.1) is 10.2 Å². The van der Waals surface area contributed by atoms with Gasteiger partial charge in [0.2, 0.25) is 11.7 Å². The zero-order valence-corrected chi connectivity index (χ0v) is 16.8. The Hall–Kier alpha value is -2.54. The molecule has 0 radical (unpaired) electrons. The van der Waals surface area contributed by atoms with Gasteiger partial charge in [-0.05, 0) is 36.5 Å². The van der Waals surface area contributed by atoms with Gasteiger partial charge < -0.3 is 9.32 Å². The summed E-state index contributed by atoms with van der Waals surface area (Å²) in [6, 6.07) is 13.9. The van der Waals surface area contributed by atoms with Crippen molar-refractivity contribution in [1.29, 1.82) is 0 Å². The van der Waals surface area contributed by atoms with Gasteiger partial charge in [0.15, 0.2) is 10.9 Å². The molecule has 0 spiro atoms. The molecule has 0 unspecified atom stereocenters. The molecule has 0 N–H and O–H groups in total. The van der Waals surface area contributed by atoms with Gasteiger partial charge in [0.05, 0.1) is 18.6 Å². The first-order chi connectivity index (χ1) is 13.7. The van der Waals surface area contributed by atoms with Crippen LogP contribution >= 0.6 is 11.8 Å². The number of hydrogen-bond donors (Lipinski definition) is 0. The minimum Gasteiger partial charge on any atom is -0.461 e. The minimum atomic E-state index is 0.172. The number of aromatic nitrogens is 3. The van der Waals surface area contributed by atoms with Crippen molar-refractivity contribution in [2.24, 2.45) is 5.92 Å². The second kappa shape index (κ2) is 8.65. The van der Waals surface area contributed by atoms with Crippen LogP contribution in [0.15, 0.2) is 58.3 Å². The van der Waals surface area contributed by atoms with Crippen LogP contribution in [0, 0.1) is 5.92 Å². The van der Waals surface area contributed by atoms with Crippen LogP contribution < -0.4 is 0 Å². The van der Waals surface area contributed by atoms with Crippen LogP contribution in [0.25, 0.3) is 11.6 Å². The summed E-state index contributed by atoms with van der Waals surface area (Å²) in [6.07, 6.45) is 3.92. The first-order valence-corrected chi connectivity index (χ1v) is 10.6. The molecule has 1 fully saturated rings. The van der Waals surface area contributed by atoms with Crippen LogP contribution in [-0.2, 0) is 11.3 Å². The molecule has 0 bridgehead atoms. The van der Waals surface area contributed by atoms with E-state index in [1.54, 1.807) is 6.26 Å². The normalized spacial score (nSPS) is 17.0. The summed E-state index contributed by atoms with van der Waals surface area (Å²) < 4.78 is 7.55. The third kappa shape index (κ3) is 4.30. The summed E-state index contributed by atoms with van der Waals surface area (Å²) in [5, 5.41) is 9.41. The molecule has 0 saturated carbocycles. The second-order valence-corrected chi connectivity index (χ2v) is 8.17. The number of piperidine rings is 1. The van der Waals surface area contributed by atoms with Crippen LogP contribution in [0.4, 0.5) is 0 Å². The summed E-state index contributed by atoms with van der Waals surface area (Å²) in [5.74, 6) is 2.47. The van der Waals surface area contributed by atoms with Gasteiger partial charge in [-0.25, -0.2) is 0 Å². The molecule has 1 aromatic carbocycles. The van der Waals surface area contributed by atoms with Gasteiger partial charge in [0.1, 0.15) is 0 Å². The molecule has 1 amide bonds. The molecule has 28 heavy (non-hydrogen) atoms. The van der Waals surface area contributed by atoms with Crippen molar-refractivity contribution in [3.8, 4) is 11.6 Å². The summed E-state index contributed by atoms with van der Waals surface area (Å²) >= 11 is 1.44. The number of hydrogen-bond acceptors (Lipinski definition) is 5. The van der Waals surface area contributed by atoms with Crippen molar-refractivity contribution in [1.82, 2.24) is 19.7 Å². The third-order valence-electron chi connectivity index (χ3n) is 4.98. The van der Waals surface area contributed by atoms with E-state index >= 15 is 0 Å². The van der Waals surface area contributed by atoms with Crippen LogP contribution in [0.1, 0.15) is 25.3 Å². The Morgan fingerprint density at radius 2 is 2.07 bits per heavy atom. The van der Waals surface area contributed by atoms with Gasteiger partial charge in [-0.1, -0.05) is 49.0 Å². The average Bonchev–Trinajstić information content (AvgIpc) is 3.37. The summed E-state index contributed by atoms with van der Waals surface area (Å²) in [5.41, 5.74) is 1.15. The first-order valence-electron chi connectivity index (χ1n) is 9.62. The Kier molecular flexibility index (Phi) is 5.81. The highest BCUT2D eigenvalue weighted by Crippen LogP contribution is 2.26. The number of thioether (sulfide) groups is 1. The summed E-state index contributed by atoms with van der Waals surface area (Å²) in [4.78, 5) is 14.6. The van der Waals surface area contributed by atoms with Crippen molar-refractivity contribution in [2.45, 2.75) is 31.5 Å². The highest BCUT2D eigenvalue weighted by Gasteiger charge is 2.23. The molecule has 6 nitrogen and oxygen atoms in total. The predicted molar refractivity (Wildman–Crippen MR) is 109 cm³/mol. The van der Waals surface area contributed by atoms with Gasteiger partial charge in [0, 0.05) is 13.1 Å². The van der Waals surface area contributed by atoms with Crippen LogP contribution in [0.5, 0.6) is 0 Å². The largest absolute Gasteiger partial charge is 0.461 e. The number of amides is 1. The molecule has 1 atom stereocenters. The molecule has 1 aliphatic rings. The molecular weight excluding hydrogens is 372 g/mol. The number of benzene rings is 1. The van der Waals surface area contributed by atoms with Gasteiger partial charge >= 0.3 is 0 Å². The van der Waals surface area contributed by atoms with Crippen LogP contribution in [0.3, 0.4) is 0 Å². The lowest BCUT2D eigenvalue weighted by atomic mass is 10.0. The standard InChI is InChI=1S/C21H24N4O2S/c1-16-7-5-11-24(13-16)19(26)15-28-21-23-22-20(18-10-6-12-27-18)25(21)14-17-8-3-2-4-9-17/h2-4,6,8-10,12,16H,5,7,11,13-15H2,1H3/t16-/m0/s1. The quantitative estimate of drug-likeness (QED) is 0.591. The lowest BCUT2D eigenvalue weighted by Crippen LogP contribution is -2.40. The van der Waals surface area contributed by atoms with E-state index in [-0.39, 0.29) is 5.91 Å². The van der Waals surface area contributed by atoms with E-state index in [4.69, 9.17) is 4.42 Å². The van der Waals surface area contributed by atoms with E-state index in [0.29, 0.717) is 29.8 Å². The van der Waals surface area contributed by atoms with E-state index in [2.05, 4.69) is 29.3 Å². The van der Waals surface area contributed by atoms with E-state index in [1.807, 2.05) is 39.8 Å². The van der Waals surface area contributed by atoms with Crippen molar-refractivity contribution in [3.05, 3.63) is 54.3 Å². The fraction of sp³-hybridized carbons (Fsp3) is 0.381. The molecule has 3 heterocycles. The van der Waals surface area contributed by atoms with Gasteiger partial charge in [-0.2, -0.15) is 0 Å². The molecular formula is C21H24N4O2S. The van der Waals surface area contributed by atoms with Crippen molar-refractivity contribution < 1.29 is 9.21 Å². The second-order valence-electron chi connectivity index (χ2n) is 7.23. The lowest BCUT2D eigenvalue weighted by molar-refractivity contribution is -0.130. The zero-order valence-electron chi connectivity index (χ0n) is 16.0. The van der Waals surface area contributed by atoms with E-state index in [1.165, 1.54) is 18.2 Å². The number of carbonyl (C=O) groups excluding carboxylic acids is 1. The van der Waals surface area contributed by atoms with E-state index < -0.39 is 0 Å². The van der Waals surface area contributed by atoms with E-state index in [9.17, 15) is 4.79 Å². The van der Waals surface area contributed by atoms with Crippen molar-refractivity contribution in [2.75, 3.05) is 18.8 Å².